The van der Waals surface area contributed by atoms with Crippen LogP contribution in [0.5, 0.6) is 0 Å². The first-order valence-corrected chi connectivity index (χ1v) is 7.65. The Morgan fingerprint density at radius 2 is 2.16 bits per heavy atom. The van der Waals surface area contributed by atoms with Gasteiger partial charge in [0.05, 0.1) is 11.2 Å². The molecule has 19 heavy (non-hydrogen) atoms. The Balaban J connectivity index is 2.57. The van der Waals surface area contributed by atoms with Crippen LogP contribution in [0.25, 0.3) is 10.9 Å². The summed E-state index contributed by atoms with van der Waals surface area (Å²) in [5.74, 6) is 0. The summed E-state index contributed by atoms with van der Waals surface area (Å²) in [5.41, 5.74) is 2.51. The minimum atomic E-state index is 0.655. The first-order valence-electron chi connectivity index (χ1n) is 6.42. The number of nitriles is 1. The van der Waals surface area contributed by atoms with Crippen LogP contribution >= 0.6 is 11.8 Å². The molecule has 0 aliphatic heterocycles. The Morgan fingerprint density at radius 3 is 2.84 bits per heavy atom. The van der Waals surface area contributed by atoms with E-state index in [4.69, 9.17) is 0 Å². The van der Waals surface area contributed by atoms with Crippen molar-refractivity contribution in [3.8, 4) is 6.07 Å². The molecule has 0 saturated carbocycles. The molecule has 0 radical (unpaired) electrons. The minimum absolute atomic E-state index is 0.655. The van der Waals surface area contributed by atoms with Gasteiger partial charge >= 0.3 is 0 Å². The maximum atomic E-state index is 9.40. The van der Waals surface area contributed by atoms with E-state index in [9.17, 15) is 5.26 Å². The molecule has 98 valence electrons. The summed E-state index contributed by atoms with van der Waals surface area (Å²) in [6.07, 6.45) is 4.18. The van der Waals surface area contributed by atoms with Crippen molar-refractivity contribution in [3.63, 3.8) is 0 Å². The number of anilines is 1. The van der Waals surface area contributed by atoms with Gasteiger partial charge in [-0.15, -0.1) is 11.8 Å². The van der Waals surface area contributed by atoms with E-state index in [-0.39, 0.29) is 0 Å². The van der Waals surface area contributed by atoms with E-state index in [0.717, 1.165) is 41.0 Å². The highest BCUT2D eigenvalue weighted by molar-refractivity contribution is 7.98. The molecular formula is C15H17N3S. The average molecular weight is 271 g/mol. The van der Waals surface area contributed by atoms with Gasteiger partial charge in [0.25, 0.3) is 0 Å². The lowest BCUT2D eigenvalue weighted by molar-refractivity contribution is 0.834. The molecule has 1 heterocycles. The lowest BCUT2D eigenvalue weighted by Gasteiger charge is -2.13. The molecule has 4 heteroatoms. The Kier molecular flexibility index (Phi) is 4.64. The van der Waals surface area contributed by atoms with Crippen LogP contribution in [-0.2, 0) is 0 Å². The van der Waals surface area contributed by atoms with Gasteiger partial charge in [-0.05, 0) is 18.7 Å². The third kappa shape index (κ3) is 2.82. The van der Waals surface area contributed by atoms with Crippen molar-refractivity contribution in [2.45, 2.75) is 24.8 Å². The molecule has 2 aromatic rings. The van der Waals surface area contributed by atoms with Crippen molar-refractivity contribution < 1.29 is 0 Å². The SMILES string of the molecule is CCCCNc1c(C#N)c(SC)nc2ccccc12. The van der Waals surface area contributed by atoms with Crippen molar-refractivity contribution in [3.05, 3.63) is 29.8 Å². The van der Waals surface area contributed by atoms with E-state index in [2.05, 4.69) is 23.3 Å². The van der Waals surface area contributed by atoms with Crippen LogP contribution < -0.4 is 5.32 Å². The standard InChI is InChI=1S/C15H17N3S/c1-3-4-9-17-14-11-7-5-6-8-13(11)18-15(19-2)12(14)10-16/h5-8H,3-4,9H2,1-2H3,(H,17,18). The van der Waals surface area contributed by atoms with Crippen molar-refractivity contribution in [2.75, 3.05) is 18.1 Å². The monoisotopic (exact) mass is 271 g/mol. The molecule has 1 aromatic carbocycles. The highest BCUT2D eigenvalue weighted by Gasteiger charge is 2.13. The molecule has 0 aliphatic carbocycles. The molecule has 0 spiro atoms. The van der Waals surface area contributed by atoms with Gasteiger partial charge in [-0.3, -0.25) is 0 Å². The van der Waals surface area contributed by atoms with Gasteiger partial charge in [0.15, 0.2) is 0 Å². The number of hydrogen-bond donors (Lipinski definition) is 1. The maximum absolute atomic E-state index is 9.40. The molecule has 0 atom stereocenters. The molecule has 2 rings (SSSR count). The van der Waals surface area contributed by atoms with Gasteiger partial charge < -0.3 is 5.32 Å². The predicted octanol–water partition coefficient (Wildman–Crippen LogP) is 4.04. The number of fused-ring (bicyclic) bond motifs is 1. The molecule has 1 aromatic heterocycles. The zero-order valence-corrected chi connectivity index (χ0v) is 12.0. The number of unbranched alkanes of at least 4 members (excludes halogenated alkanes) is 1. The average Bonchev–Trinajstić information content (AvgIpc) is 2.46. The molecule has 0 saturated heterocycles. The van der Waals surface area contributed by atoms with E-state index < -0.39 is 0 Å². The first-order chi connectivity index (χ1) is 9.31. The Hall–Kier alpha value is -1.73. The summed E-state index contributed by atoms with van der Waals surface area (Å²) in [5, 5.41) is 14.6. The van der Waals surface area contributed by atoms with Gasteiger partial charge in [-0.1, -0.05) is 31.5 Å². The van der Waals surface area contributed by atoms with E-state index in [1.54, 1.807) is 0 Å². The van der Waals surface area contributed by atoms with Crippen LogP contribution in [0.4, 0.5) is 5.69 Å². The Morgan fingerprint density at radius 1 is 1.37 bits per heavy atom. The number of aromatic nitrogens is 1. The zero-order chi connectivity index (χ0) is 13.7. The largest absolute Gasteiger partial charge is 0.383 e. The van der Waals surface area contributed by atoms with Gasteiger partial charge in [-0.2, -0.15) is 5.26 Å². The van der Waals surface area contributed by atoms with Gasteiger partial charge in [0.1, 0.15) is 16.7 Å². The number of benzene rings is 1. The van der Waals surface area contributed by atoms with Crippen LogP contribution in [0.3, 0.4) is 0 Å². The number of nitrogens with zero attached hydrogens (tertiary/aromatic N) is 2. The number of rotatable bonds is 5. The molecular weight excluding hydrogens is 254 g/mol. The number of nitrogens with one attached hydrogen (secondary N) is 1. The van der Waals surface area contributed by atoms with Crippen molar-refractivity contribution >= 4 is 28.4 Å². The molecule has 0 bridgehead atoms. The minimum Gasteiger partial charge on any atom is -0.383 e. The lowest BCUT2D eigenvalue weighted by Crippen LogP contribution is -2.05. The fourth-order valence-electron chi connectivity index (χ4n) is 2.01. The summed E-state index contributed by atoms with van der Waals surface area (Å²) >= 11 is 1.51. The van der Waals surface area contributed by atoms with Crippen molar-refractivity contribution in [2.24, 2.45) is 0 Å². The molecule has 0 fully saturated rings. The normalized spacial score (nSPS) is 10.4. The van der Waals surface area contributed by atoms with Crippen LogP contribution in [0.15, 0.2) is 29.3 Å². The topological polar surface area (TPSA) is 48.7 Å². The quantitative estimate of drug-likeness (QED) is 0.658. The van der Waals surface area contributed by atoms with Gasteiger partial charge in [0.2, 0.25) is 0 Å². The number of thioether (sulfide) groups is 1. The van der Waals surface area contributed by atoms with Gasteiger partial charge in [-0.25, -0.2) is 4.98 Å². The Bertz CT molecular complexity index is 617. The van der Waals surface area contributed by atoms with Crippen LogP contribution in [0.1, 0.15) is 25.3 Å². The van der Waals surface area contributed by atoms with E-state index in [1.165, 1.54) is 11.8 Å². The van der Waals surface area contributed by atoms with E-state index >= 15 is 0 Å². The highest BCUT2D eigenvalue weighted by Crippen LogP contribution is 2.32. The van der Waals surface area contributed by atoms with Crippen LogP contribution in [0.2, 0.25) is 0 Å². The molecule has 3 nitrogen and oxygen atoms in total. The number of pyridine rings is 1. The van der Waals surface area contributed by atoms with E-state index in [1.807, 2.05) is 30.5 Å². The zero-order valence-electron chi connectivity index (χ0n) is 11.2. The summed E-state index contributed by atoms with van der Waals surface area (Å²) in [7, 11) is 0. The molecule has 1 N–H and O–H groups in total. The van der Waals surface area contributed by atoms with E-state index in [0.29, 0.717) is 5.56 Å². The smallest absolute Gasteiger partial charge is 0.116 e. The second-order valence-corrected chi connectivity index (χ2v) is 5.08. The first kappa shape index (κ1) is 13.7. The van der Waals surface area contributed by atoms with Crippen molar-refractivity contribution in [1.29, 1.82) is 5.26 Å². The fraction of sp³-hybridized carbons (Fsp3) is 0.333. The summed E-state index contributed by atoms with van der Waals surface area (Å²) in [6.45, 7) is 3.04. The lowest BCUT2D eigenvalue weighted by atomic mass is 10.1. The molecule has 0 unspecified atom stereocenters. The second kappa shape index (κ2) is 6.44. The summed E-state index contributed by atoms with van der Waals surface area (Å²) in [4.78, 5) is 4.55. The summed E-state index contributed by atoms with van der Waals surface area (Å²) < 4.78 is 0. The third-order valence-corrected chi connectivity index (χ3v) is 3.68. The maximum Gasteiger partial charge on any atom is 0.116 e. The van der Waals surface area contributed by atoms with Crippen LogP contribution in [0, 0.1) is 11.3 Å². The summed E-state index contributed by atoms with van der Waals surface area (Å²) in [6, 6.07) is 10.2. The third-order valence-electron chi connectivity index (χ3n) is 3.00. The second-order valence-electron chi connectivity index (χ2n) is 4.28. The number of hydrogen-bond acceptors (Lipinski definition) is 4. The highest BCUT2D eigenvalue weighted by atomic mass is 32.2. The van der Waals surface area contributed by atoms with Crippen molar-refractivity contribution in [1.82, 2.24) is 4.98 Å². The number of para-hydroxylation sites is 1. The Labute approximate surface area is 118 Å². The predicted molar refractivity (Wildman–Crippen MR) is 81.6 cm³/mol. The molecule has 0 amide bonds. The van der Waals surface area contributed by atoms with Crippen LogP contribution in [-0.4, -0.2) is 17.8 Å². The fourth-order valence-corrected chi connectivity index (χ4v) is 2.56. The van der Waals surface area contributed by atoms with Gasteiger partial charge in [0, 0.05) is 11.9 Å². The molecule has 0 aliphatic rings.